The maximum Gasteiger partial charge on any atom is 0.240 e. The van der Waals surface area contributed by atoms with Gasteiger partial charge in [-0.3, -0.25) is 4.79 Å². The quantitative estimate of drug-likeness (QED) is 0.467. The zero-order valence-electron chi connectivity index (χ0n) is 16.2. The van der Waals surface area contributed by atoms with Gasteiger partial charge in [-0.15, -0.1) is 0 Å². The molecule has 0 saturated heterocycles. The molecule has 0 atom stereocenters. The lowest BCUT2D eigenvalue weighted by atomic mass is 10.1. The number of anilines is 1. The molecular formula is C22H20N2O5S. The van der Waals surface area contributed by atoms with Gasteiger partial charge in [-0.2, -0.15) is 0 Å². The second kappa shape index (κ2) is 8.17. The van der Waals surface area contributed by atoms with Crippen molar-refractivity contribution in [2.24, 2.45) is 0 Å². The first-order chi connectivity index (χ1) is 14.4. The SMILES string of the molecule is Cc1ccc2c(CC(=O)Nc3ccc(S(=O)(=O)NCc4ccco4)cc3)coc2c1. The normalized spacial score (nSPS) is 11.6. The van der Waals surface area contributed by atoms with Crippen LogP contribution in [0.15, 0.2) is 80.9 Å². The van der Waals surface area contributed by atoms with E-state index in [1.54, 1.807) is 30.5 Å². The van der Waals surface area contributed by atoms with Gasteiger partial charge < -0.3 is 14.2 Å². The molecule has 2 aromatic carbocycles. The highest BCUT2D eigenvalue weighted by atomic mass is 32.2. The Morgan fingerprint density at radius 3 is 2.57 bits per heavy atom. The van der Waals surface area contributed by atoms with Crippen LogP contribution in [0.1, 0.15) is 16.9 Å². The minimum Gasteiger partial charge on any atom is -0.468 e. The fourth-order valence-electron chi connectivity index (χ4n) is 3.09. The Morgan fingerprint density at radius 2 is 1.83 bits per heavy atom. The molecule has 0 saturated carbocycles. The molecule has 154 valence electrons. The molecule has 0 fully saturated rings. The fourth-order valence-corrected chi connectivity index (χ4v) is 4.08. The molecule has 0 aliphatic carbocycles. The van der Waals surface area contributed by atoms with Gasteiger partial charge in [-0.05, 0) is 55.0 Å². The van der Waals surface area contributed by atoms with Gasteiger partial charge >= 0.3 is 0 Å². The molecule has 1 amide bonds. The van der Waals surface area contributed by atoms with Gasteiger partial charge in [-0.25, -0.2) is 13.1 Å². The van der Waals surface area contributed by atoms with Crippen LogP contribution in [0.2, 0.25) is 0 Å². The Hall–Kier alpha value is -3.36. The van der Waals surface area contributed by atoms with Crippen molar-refractivity contribution in [1.29, 1.82) is 0 Å². The van der Waals surface area contributed by atoms with Crippen LogP contribution in [0.3, 0.4) is 0 Å². The molecule has 0 aliphatic rings. The summed E-state index contributed by atoms with van der Waals surface area (Å²) in [6, 6.07) is 15.2. The molecule has 7 nitrogen and oxygen atoms in total. The number of amides is 1. The maximum absolute atomic E-state index is 12.4. The topological polar surface area (TPSA) is 102 Å². The molecule has 0 spiro atoms. The van der Waals surface area contributed by atoms with E-state index in [4.69, 9.17) is 8.83 Å². The van der Waals surface area contributed by atoms with Crippen LogP contribution in [0, 0.1) is 6.92 Å². The highest BCUT2D eigenvalue weighted by Gasteiger charge is 2.15. The van der Waals surface area contributed by atoms with E-state index in [-0.39, 0.29) is 23.8 Å². The number of sulfonamides is 1. The highest BCUT2D eigenvalue weighted by Crippen LogP contribution is 2.23. The molecule has 0 bridgehead atoms. The Balaban J connectivity index is 1.39. The minimum atomic E-state index is -3.69. The summed E-state index contributed by atoms with van der Waals surface area (Å²) in [6.45, 7) is 2.04. The lowest BCUT2D eigenvalue weighted by Crippen LogP contribution is -2.23. The Bertz CT molecular complexity index is 1270. The summed E-state index contributed by atoms with van der Waals surface area (Å²) in [7, 11) is -3.69. The number of hydrogen-bond acceptors (Lipinski definition) is 5. The van der Waals surface area contributed by atoms with Crippen molar-refractivity contribution in [2.75, 3.05) is 5.32 Å². The standard InChI is InChI=1S/C22H20N2O5S/c1-15-4-9-20-16(14-29-21(20)11-15)12-22(25)24-17-5-7-19(8-6-17)30(26,27)23-13-18-3-2-10-28-18/h2-11,14,23H,12-13H2,1H3,(H,24,25). The van der Waals surface area contributed by atoms with Crippen LogP contribution < -0.4 is 10.0 Å². The van der Waals surface area contributed by atoms with Gasteiger partial charge in [0.2, 0.25) is 15.9 Å². The molecule has 8 heteroatoms. The summed E-state index contributed by atoms with van der Waals surface area (Å²) in [5.41, 5.74) is 3.13. The van der Waals surface area contributed by atoms with Crippen molar-refractivity contribution in [3.63, 3.8) is 0 Å². The molecule has 0 aliphatic heterocycles. The van der Waals surface area contributed by atoms with Crippen molar-refractivity contribution in [3.05, 3.63) is 84.0 Å². The average Bonchev–Trinajstić information content (AvgIpc) is 3.37. The van der Waals surface area contributed by atoms with E-state index in [1.807, 2.05) is 25.1 Å². The lowest BCUT2D eigenvalue weighted by Gasteiger charge is -2.08. The number of carbonyl (C=O) groups is 1. The van der Waals surface area contributed by atoms with Crippen molar-refractivity contribution >= 4 is 32.6 Å². The highest BCUT2D eigenvalue weighted by molar-refractivity contribution is 7.89. The van der Waals surface area contributed by atoms with Crippen molar-refractivity contribution < 1.29 is 22.0 Å². The van der Waals surface area contributed by atoms with Gasteiger partial charge in [0.25, 0.3) is 0 Å². The number of benzene rings is 2. The summed E-state index contributed by atoms with van der Waals surface area (Å²) in [4.78, 5) is 12.5. The number of carbonyl (C=O) groups excluding carboxylic acids is 1. The fraction of sp³-hybridized carbons (Fsp3) is 0.136. The molecule has 30 heavy (non-hydrogen) atoms. The molecule has 4 rings (SSSR count). The summed E-state index contributed by atoms with van der Waals surface area (Å²) < 4.78 is 37.9. The zero-order chi connectivity index (χ0) is 21.1. The molecule has 4 aromatic rings. The van der Waals surface area contributed by atoms with E-state index in [0.717, 1.165) is 22.1 Å². The Kier molecular flexibility index (Phi) is 5.43. The van der Waals surface area contributed by atoms with Crippen molar-refractivity contribution in [1.82, 2.24) is 4.72 Å². The minimum absolute atomic E-state index is 0.0615. The van der Waals surface area contributed by atoms with Gasteiger partial charge in [0.05, 0.1) is 30.4 Å². The predicted octanol–water partition coefficient (Wildman–Crippen LogP) is 3.99. The number of hydrogen-bond donors (Lipinski definition) is 2. The largest absolute Gasteiger partial charge is 0.468 e. The van der Waals surface area contributed by atoms with Crippen LogP contribution >= 0.6 is 0 Å². The number of rotatable bonds is 7. The summed E-state index contributed by atoms with van der Waals surface area (Å²) in [5, 5.41) is 3.68. The third-order valence-electron chi connectivity index (χ3n) is 4.63. The molecular weight excluding hydrogens is 404 g/mol. The van der Waals surface area contributed by atoms with Crippen LogP contribution in [0.25, 0.3) is 11.0 Å². The molecule has 2 heterocycles. The first-order valence-electron chi connectivity index (χ1n) is 9.29. The maximum atomic E-state index is 12.4. The predicted molar refractivity (Wildman–Crippen MR) is 112 cm³/mol. The first-order valence-corrected chi connectivity index (χ1v) is 10.8. The van der Waals surface area contributed by atoms with Crippen LogP contribution in [0.4, 0.5) is 5.69 Å². The number of furan rings is 2. The third kappa shape index (κ3) is 4.45. The number of aryl methyl sites for hydroxylation is 1. The molecule has 0 unspecified atom stereocenters. The zero-order valence-corrected chi connectivity index (χ0v) is 17.0. The van der Waals surface area contributed by atoms with Crippen LogP contribution in [-0.2, 0) is 27.8 Å². The molecule has 2 aromatic heterocycles. The van der Waals surface area contributed by atoms with Crippen LogP contribution in [-0.4, -0.2) is 14.3 Å². The Labute approximate surface area is 173 Å². The van der Waals surface area contributed by atoms with E-state index in [0.29, 0.717) is 11.4 Å². The Morgan fingerprint density at radius 1 is 1.03 bits per heavy atom. The summed E-state index contributed by atoms with van der Waals surface area (Å²) >= 11 is 0. The van der Waals surface area contributed by atoms with Gasteiger partial charge in [-0.1, -0.05) is 12.1 Å². The van der Waals surface area contributed by atoms with Gasteiger partial charge in [0.1, 0.15) is 11.3 Å². The lowest BCUT2D eigenvalue weighted by molar-refractivity contribution is -0.115. The third-order valence-corrected chi connectivity index (χ3v) is 6.04. The number of fused-ring (bicyclic) bond motifs is 1. The average molecular weight is 424 g/mol. The van der Waals surface area contributed by atoms with E-state index in [2.05, 4.69) is 10.0 Å². The van der Waals surface area contributed by atoms with E-state index in [9.17, 15) is 13.2 Å². The second-order valence-electron chi connectivity index (χ2n) is 6.91. The van der Waals surface area contributed by atoms with E-state index < -0.39 is 10.0 Å². The summed E-state index contributed by atoms with van der Waals surface area (Å²) in [6.07, 6.45) is 3.22. The van der Waals surface area contributed by atoms with Gasteiger partial charge in [0, 0.05) is 16.6 Å². The molecule has 2 N–H and O–H groups in total. The van der Waals surface area contributed by atoms with E-state index >= 15 is 0 Å². The van der Waals surface area contributed by atoms with Crippen molar-refractivity contribution in [3.8, 4) is 0 Å². The van der Waals surface area contributed by atoms with Crippen LogP contribution in [0.5, 0.6) is 0 Å². The molecule has 0 radical (unpaired) electrons. The van der Waals surface area contributed by atoms with E-state index in [1.165, 1.54) is 18.4 Å². The van der Waals surface area contributed by atoms with Gasteiger partial charge in [0.15, 0.2) is 0 Å². The van der Waals surface area contributed by atoms with Crippen molar-refractivity contribution in [2.45, 2.75) is 24.8 Å². The monoisotopic (exact) mass is 424 g/mol. The first kappa shape index (κ1) is 19.9. The smallest absolute Gasteiger partial charge is 0.240 e. The summed E-state index contributed by atoms with van der Waals surface area (Å²) in [5.74, 6) is 0.300. The number of nitrogens with one attached hydrogen (secondary N) is 2. The second-order valence-corrected chi connectivity index (χ2v) is 8.68.